The summed E-state index contributed by atoms with van der Waals surface area (Å²) in [6.07, 6.45) is 0. The van der Waals surface area contributed by atoms with E-state index < -0.39 is 24.3 Å². The van der Waals surface area contributed by atoms with Gasteiger partial charge in [-0.2, -0.15) is 0 Å². The van der Waals surface area contributed by atoms with Crippen molar-refractivity contribution in [2.75, 3.05) is 0 Å². The van der Waals surface area contributed by atoms with E-state index in [9.17, 15) is 9.90 Å². The van der Waals surface area contributed by atoms with Gasteiger partial charge in [0.05, 0.1) is 16.8 Å². The van der Waals surface area contributed by atoms with Gasteiger partial charge in [0.1, 0.15) is 0 Å². The van der Waals surface area contributed by atoms with Crippen LogP contribution in [0.3, 0.4) is 0 Å². The molecule has 0 atom stereocenters. The van der Waals surface area contributed by atoms with Gasteiger partial charge in [0.15, 0.2) is 0 Å². The zero-order valence-electron chi connectivity index (χ0n) is 12.9. The van der Waals surface area contributed by atoms with Crippen molar-refractivity contribution >= 4 is 18.6 Å². The average Bonchev–Trinajstić information content (AvgIpc) is 2.47. The fourth-order valence-electron chi connectivity index (χ4n) is 2.42. The Hall–Kier alpha value is -1.33. The molecular weight excluding hydrogens is 255 g/mol. The standard InChI is InChI=1S/C15H21BO4/c1-9-7-8-11(13(17)18)10(2)12(9)16-19-14(3,4)15(5,6)20-16/h7-8H,1-6H3,(H,17,18). The average molecular weight is 276 g/mol. The van der Waals surface area contributed by atoms with Gasteiger partial charge in [0, 0.05) is 0 Å². The van der Waals surface area contributed by atoms with Crippen molar-refractivity contribution in [3.63, 3.8) is 0 Å². The van der Waals surface area contributed by atoms with E-state index in [2.05, 4.69) is 0 Å². The number of carbonyl (C=O) groups is 1. The Balaban J connectivity index is 2.50. The molecule has 0 aliphatic carbocycles. The lowest BCUT2D eigenvalue weighted by molar-refractivity contribution is 0.00578. The first-order chi connectivity index (χ1) is 9.07. The second kappa shape index (κ2) is 4.60. The number of hydrogen-bond donors (Lipinski definition) is 1. The minimum absolute atomic E-state index is 0.292. The summed E-state index contributed by atoms with van der Waals surface area (Å²) in [5.74, 6) is -0.930. The smallest absolute Gasteiger partial charge is 0.478 e. The predicted octanol–water partition coefficient (Wildman–Crippen LogP) is 2.30. The quantitative estimate of drug-likeness (QED) is 0.842. The van der Waals surface area contributed by atoms with E-state index in [0.717, 1.165) is 11.0 Å². The van der Waals surface area contributed by atoms with Crippen molar-refractivity contribution in [2.45, 2.75) is 52.7 Å². The van der Waals surface area contributed by atoms with Gasteiger partial charge >= 0.3 is 13.1 Å². The van der Waals surface area contributed by atoms with Crippen LogP contribution in [0.2, 0.25) is 0 Å². The second-order valence-corrected chi connectivity index (χ2v) is 6.36. The van der Waals surface area contributed by atoms with Crippen molar-refractivity contribution in [1.82, 2.24) is 0 Å². The SMILES string of the molecule is Cc1ccc(C(=O)O)c(C)c1B1OC(C)(C)C(C)(C)O1. The summed E-state index contributed by atoms with van der Waals surface area (Å²) >= 11 is 0. The molecule has 108 valence electrons. The van der Waals surface area contributed by atoms with Crippen molar-refractivity contribution in [1.29, 1.82) is 0 Å². The molecule has 1 heterocycles. The molecule has 1 aliphatic rings. The summed E-state index contributed by atoms with van der Waals surface area (Å²) < 4.78 is 12.1. The van der Waals surface area contributed by atoms with Crippen LogP contribution in [-0.2, 0) is 9.31 Å². The lowest BCUT2D eigenvalue weighted by atomic mass is 9.72. The van der Waals surface area contributed by atoms with Crippen LogP contribution < -0.4 is 5.46 Å². The van der Waals surface area contributed by atoms with Gasteiger partial charge in [-0.05, 0) is 58.6 Å². The van der Waals surface area contributed by atoms with Crippen LogP contribution in [0.4, 0.5) is 0 Å². The van der Waals surface area contributed by atoms with Crippen molar-refractivity contribution in [2.24, 2.45) is 0 Å². The van der Waals surface area contributed by atoms with Crippen LogP contribution in [0.1, 0.15) is 49.2 Å². The summed E-state index contributed by atoms with van der Waals surface area (Å²) in [6, 6.07) is 3.43. The summed E-state index contributed by atoms with van der Waals surface area (Å²) in [7, 11) is -0.528. The minimum Gasteiger partial charge on any atom is -0.478 e. The summed E-state index contributed by atoms with van der Waals surface area (Å²) in [6.45, 7) is 11.7. The lowest BCUT2D eigenvalue weighted by Gasteiger charge is -2.32. The van der Waals surface area contributed by atoms with Gasteiger partial charge in [0.25, 0.3) is 0 Å². The zero-order valence-corrected chi connectivity index (χ0v) is 12.9. The van der Waals surface area contributed by atoms with E-state index in [0.29, 0.717) is 11.1 Å². The van der Waals surface area contributed by atoms with Crippen LogP contribution in [-0.4, -0.2) is 29.4 Å². The molecule has 5 heteroatoms. The molecule has 1 fully saturated rings. The predicted molar refractivity (Wildman–Crippen MR) is 78.6 cm³/mol. The number of aryl methyl sites for hydroxylation is 1. The first kappa shape index (κ1) is 15.1. The number of benzene rings is 1. The summed E-state index contributed by atoms with van der Waals surface area (Å²) in [4.78, 5) is 11.3. The Morgan fingerprint density at radius 2 is 1.60 bits per heavy atom. The van der Waals surface area contributed by atoms with Crippen LogP contribution in [0.5, 0.6) is 0 Å². The summed E-state index contributed by atoms with van der Waals surface area (Å²) in [5.41, 5.74) is 1.93. The molecule has 1 N–H and O–H groups in total. The zero-order chi connectivity index (χ0) is 15.3. The first-order valence-corrected chi connectivity index (χ1v) is 6.76. The van der Waals surface area contributed by atoms with Gasteiger partial charge in [-0.15, -0.1) is 0 Å². The number of aromatic carboxylic acids is 1. The maximum Gasteiger partial charge on any atom is 0.495 e. The molecule has 1 aliphatic heterocycles. The van der Waals surface area contributed by atoms with Crippen molar-refractivity contribution in [3.8, 4) is 0 Å². The molecule has 0 unspecified atom stereocenters. The maximum atomic E-state index is 11.3. The highest BCUT2D eigenvalue weighted by atomic mass is 16.7. The van der Waals surface area contributed by atoms with Crippen LogP contribution in [0, 0.1) is 13.8 Å². The van der Waals surface area contributed by atoms with Gasteiger partial charge in [0.2, 0.25) is 0 Å². The van der Waals surface area contributed by atoms with E-state index in [1.807, 2.05) is 34.6 Å². The Bertz CT molecular complexity index is 547. The second-order valence-electron chi connectivity index (χ2n) is 6.36. The molecule has 4 nitrogen and oxygen atoms in total. The van der Waals surface area contributed by atoms with E-state index in [1.165, 1.54) is 0 Å². The lowest BCUT2D eigenvalue weighted by Crippen LogP contribution is -2.41. The van der Waals surface area contributed by atoms with Gasteiger partial charge in [-0.3, -0.25) is 0 Å². The highest BCUT2D eigenvalue weighted by molar-refractivity contribution is 6.63. The third kappa shape index (κ3) is 2.25. The Labute approximate surface area is 120 Å². The fraction of sp³-hybridized carbons (Fsp3) is 0.533. The van der Waals surface area contributed by atoms with E-state index in [-0.39, 0.29) is 0 Å². The number of carboxylic acids is 1. The molecule has 1 aromatic rings. The van der Waals surface area contributed by atoms with E-state index >= 15 is 0 Å². The molecule has 1 aromatic carbocycles. The molecule has 0 radical (unpaired) electrons. The molecule has 0 spiro atoms. The third-order valence-corrected chi connectivity index (χ3v) is 4.45. The van der Waals surface area contributed by atoms with Crippen molar-refractivity contribution in [3.05, 3.63) is 28.8 Å². The highest BCUT2D eigenvalue weighted by Gasteiger charge is 2.52. The molecule has 0 aromatic heterocycles. The fourth-order valence-corrected chi connectivity index (χ4v) is 2.42. The van der Waals surface area contributed by atoms with Crippen LogP contribution in [0.15, 0.2) is 12.1 Å². The number of hydrogen-bond acceptors (Lipinski definition) is 3. The normalized spacial score (nSPS) is 20.2. The van der Waals surface area contributed by atoms with E-state index in [4.69, 9.17) is 9.31 Å². The van der Waals surface area contributed by atoms with Crippen LogP contribution >= 0.6 is 0 Å². The minimum atomic E-state index is -0.930. The largest absolute Gasteiger partial charge is 0.495 e. The first-order valence-electron chi connectivity index (χ1n) is 6.76. The highest BCUT2D eigenvalue weighted by Crippen LogP contribution is 2.37. The number of rotatable bonds is 2. The monoisotopic (exact) mass is 276 g/mol. The molecule has 0 amide bonds. The molecule has 20 heavy (non-hydrogen) atoms. The number of carboxylic acid groups (broad SMARTS) is 1. The van der Waals surface area contributed by atoms with Crippen LogP contribution in [0.25, 0.3) is 0 Å². The van der Waals surface area contributed by atoms with Gasteiger partial charge < -0.3 is 14.4 Å². The Morgan fingerprint density at radius 3 is 2.05 bits per heavy atom. The Morgan fingerprint density at radius 1 is 1.10 bits per heavy atom. The third-order valence-electron chi connectivity index (χ3n) is 4.45. The Kier molecular flexibility index (Phi) is 3.47. The van der Waals surface area contributed by atoms with Gasteiger partial charge in [-0.25, -0.2) is 4.79 Å². The topological polar surface area (TPSA) is 55.8 Å². The summed E-state index contributed by atoms with van der Waals surface area (Å²) in [5, 5.41) is 9.25. The molecule has 1 saturated heterocycles. The molecular formula is C15H21BO4. The van der Waals surface area contributed by atoms with Crippen molar-refractivity contribution < 1.29 is 19.2 Å². The molecule has 2 rings (SSSR count). The molecule has 0 bridgehead atoms. The van der Waals surface area contributed by atoms with Gasteiger partial charge in [-0.1, -0.05) is 11.6 Å². The van der Waals surface area contributed by atoms with E-state index in [1.54, 1.807) is 19.1 Å². The maximum absolute atomic E-state index is 11.3. The molecule has 0 saturated carbocycles.